The van der Waals surface area contributed by atoms with Gasteiger partial charge in [0.05, 0.1) is 6.61 Å². The first-order valence-corrected chi connectivity index (χ1v) is 24.9. The zero-order valence-electron chi connectivity index (χ0n) is 37.6. The van der Waals surface area contributed by atoms with Crippen molar-refractivity contribution in [3.63, 3.8) is 0 Å². The van der Waals surface area contributed by atoms with E-state index in [0.29, 0.717) is 19.3 Å². The Balaban J connectivity index is 2.50. The predicted octanol–water partition coefficient (Wildman–Crippen LogP) is 8.35. The normalized spacial score (nSPS) is 22.2. The van der Waals surface area contributed by atoms with Gasteiger partial charge >= 0.3 is 19.8 Å². The topological polar surface area (TPSA) is 227 Å². The molecule has 62 heavy (non-hydrogen) atoms. The molecule has 6 N–H and O–H groups in total. The fourth-order valence-electron chi connectivity index (χ4n) is 6.77. The van der Waals surface area contributed by atoms with Gasteiger partial charge in [0, 0.05) is 19.3 Å². The summed E-state index contributed by atoms with van der Waals surface area (Å²) >= 11 is 0. The number of allylic oxidation sites excluding steroid dienone is 8. The lowest BCUT2D eigenvalue weighted by atomic mass is 9.85. The molecule has 0 aliphatic heterocycles. The average molecular weight is 901 g/mol. The molecule has 15 heteroatoms. The number of phosphoric acid groups is 1. The minimum atomic E-state index is -5.15. The number of rotatable bonds is 38. The largest absolute Gasteiger partial charge is 0.472 e. The van der Waals surface area contributed by atoms with Crippen molar-refractivity contribution in [2.24, 2.45) is 0 Å². The monoisotopic (exact) mass is 901 g/mol. The van der Waals surface area contributed by atoms with Gasteiger partial charge in [-0.05, 0) is 70.3 Å². The van der Waals surface area contributed by atoms with Crippen molar-refractivity contribution in [2.45, 2.75) is 217 Å². The van der Waals surface area contributed by atoms with E-state index in [0.717, 1.165) is 96.3 Å². The van der Waals surface area contributed by atoms with Crippen molar-refractivity contribution in [3.05, 3.63) is 48.6 Å². The molecule has 1 aliphatic rings. The zero-order valence-corrected chi connectivity index (χ0v) is 38.5. The van der Waals surface area contributed by atoms with Crippen LogP contribution in [0.15, 0.2) is 48.6 Å². The quantitative estimate of drug-likeness (QED) is 0.00855. The van der Waals surface area contributed by atoms with Gasteiger partial charge in [-0.1, -0.05) is 133 Å². The minimum Gasteiger partial charge on any atom is -0.462 e. The van der Waals surface area contributed by atoms with Crippen molar-refractivity contribution >= 4 is 25.5 Å². The van der Waals surface area contributed by atoms with Crippen LogP contribution in [0.3, 0.4) is 0 Å². The van der Waals surface area contributed by atoms with Crippen molar-refractivity contribution in [2.75, 3.05) is 13.2 Å². The zero-order chi connectivity index (χ0) is 45.9. The molecule has 1 saturated carbocycles. The predicted molar refractivity (Wildman–Crippen MR) is 240 cm³/mol. The molecule has 0 heterocycles. The number of hydrogen-bond acceptors (Lipinski definition) is 13. The molecule has 0 amide bonds. The first-order chi connectivity index (χ1) is 29.8. The molecular formula is C47H81O14P. The lowest BCUT2D eigenvalue weighted by Gasteiger charge is -2.41. The summed E-state index contributed by atoms with van der Waals surface area (Å²) < 4.78 is 33.4. The number of unbranched alkanes of at least 4 members (excludes halogenated alkanes) is 17. The summed E-state index contributed by atoms with van der Waals surface area (Å²) in [5.74, 6) is -1.13. The Morgan fingerprint density at radius 1 is 0.548 bits per heavy atom. The molecule has 1 fully saturated rings. The molecule has 0 spiro atoms. The Hall–Kier alpha value is -2.52. The first-order valence-electron chi connectivity index (χ1n) is 23.4. The number of aliphatic hydroxyl groups is 5. The Kier molecular flexibility index (Phi) is 34.1. The molecule has 8 atom stereocenters. The summed E-state index contributed by atoms with van der Waals surface area (Å²) in [6.07, 6.45) is 25.5. The second-order valence-electron chi connectivity index (χ2n) is 16.3. The maximum atomic E-state index is 12.8. The Morgan fingerprint density at radius 2 is 1.02 bits per heavy atom. The average Bonchev–Trinajstić information content (AvgIpc) is 3.25. The van der Waals surface area contributed by atoms with Crippen LogP contribution in [0.5, 0.6) is 0 Å². The van der Waals surface area contributed by atoms with Gasteiger partial charge in [0.2, 0.25) is 0 Å². The highest BCUT2D eigenvalue weighted by Gasteiger charge is 2.51. The molecule has 1 rings (SSSR count). The van der Waals surface area contributed by atoms with Gasteiger partial charge in [0.15, 0.2) is 11.9 Å². The van der Waals surface area contributed by atoms with Gasteiger partial charge in [0.1, 0.15) is 43.2 Å². The maximum absolute atomic E-state index is 12.8. The maximum Gasteiger partial charge on any atom is 0.472 e. The van der Waals surface area contributed by atoms with E-state index in [1.165, 1.54) is 32.1 Å². The van der Waals surface area contributed by atoms with Gasteiger partial charge in [-0.15, -0.1) is 0 Å². The van der Waals surface area contributed by atoms with E-state index < -0.39 is 75.7 Å². The molecule has 0 aromatic heterocycles. The van der Waals surface area contributed by atoms with Crippen LogP contribution >= 0.6 is 7.82 Å². The van der Waals surface area contributed by atoms with E-state index in [1.807, 2.05) is 6.08 Å². The number of phosphoric ester groups is 1. The molecule has 0 aromatic rings. The summed E-state index contributed by atoms with van der Waals surface area (Å²) in [7, 11) is -5.15. The standard InChI is InChI=1S/C47H81O14P/c1-3-5-7-9-11-12-13-14-15-16-17-18-19-20-22-26-31-35-41(50)60-39(37-59-62(56,57)61-47-45(54)43(52)42(51)44(53)46(47)55)36-58-40(49)34-30-27-23-25-29-33-38(48)32-28-24-21-10-8-6-4-2/h11-12,14-15,21,24,28,32,39,42-47,51-55H,3-10,13,16-20,22-23,25-27,29-31,33-37H2,1-2H3,(H,56,57)/b12-11-,15-14-,24-21-,32-28+/t39-,42?,43-,44+,45-,46-,47?/m1/s1. The van der Waals surface area contributed by atoms with Gasteiger partial charge in [-0.3, -0.25) is 23.4 Å². The van der Waals surface area contributed by atoms with E-state index in [9.17, 15) is 49.4 Å². The molecule has 358 valence electrons. The molecule has 3 unspecified atom stereocenters. The number of ether oxygens (including phenoxy) is 2. The molecule has 1 aliphatic carbocycles. The van der Waals surface area contributed by atoms with E-state index >= 15 is 0 Å². The molecule has 0 aromatic carbocycles. The Labute approximate surface area is 371 Å². The molecule has 0 saturated heterocycles. The van der Waals surface area contributed by atoms with E-state index in [2.05, 4.69) is 44.2 Å². The van der Waals surface area contributed by atoms with Crippen LogP contribution in [0.2, 0.25) is 0 Å². The van der Waals surface area contributed by atoms with Crippen LogP contribution in [0.1, 0.15) is 174 Å². The molecular weight excluding hydrogens is 819 g/mol. The van der Waals surface area contributed by atoms with Crippen molar-refractivity contribution in [3.8, 4) is 0 Å². The Bertz CT molecular complexity index is 1330. The van der Waals surface area contributed by atoms with E-state index in [4.69, 9.17) is 18.5 Å². The van der Waals surface area contributed by atoms with Crippen LogP contribution < -0.4 is 0 Å². The van der Waals surface area contributed by atoms with Gasteiger partial charge in [-0.25, -0.2) is 4.57 Å². The van der Waals surface area contributed by atoms with Crippen LogP contribution in [0, 0.1) is 0 Å². The summed E-state index contributed by atoms with van der Waals surface area (Å²) in [6, 6.07) is 0. The number of carbonyl (C=O) groups is 3. The smallest absolute Gasteiger partial charge is 0.462 e. The van der Waals surface area contributed by atoms with Crippen molar-refractivity contribution < 1.29 is 67.9 Å². The molecule has 0 bridgehead atoms. The number of ketones is 1. The van der Waals surface area contributed by atoms with Gasteiger partial charge in [-0.2, -0.15) is 0 Å². The lowest BCUT2D eigenvalue weighted by Crippen LogP contribution is -2.64. The van der Waals surface area contributed by atoms with Gasteiger partial charge in [0.25, 0.3) is 0 Å². The second-order valence-corrected chi connectivity index (χ2v) is 17.7. The number of hydrogen-bond donors (Lipinski definition) is 6. The van der Waals surface area contributed by atoms with Crippen LogP contribution in [0.4, 0.5) is 0 Å². The first kappa shape index (κ1) is 57.5. The molecule has 0 radical (unpaired) electrons. The third kappa shape index (κ3) is 29.0. The Morgan fingerprint density at radius 3 is 1.58 bits per heavy atom. The van der Waals surface area contributed by atoms with Crippen LogP contribution in [0.25, 0.3) is 0 Å². The highest BCUT2D eigenvalue weighted by atomic mass is 31.2. The van der Waals surface area contributed by atoms with E-state index in [1.54, 1.807) is 12.2 Å². The summed E-state index contributed by atoms with van der Waals surface area (Å²) in [4.78, 5) is 47.8. The number of esters is 2. The lowest BCUT2D eigenvalue weighted by molar-refractivity contribution is -0.220. The number of carbonyl (C=O) groups excluding carboxylic acids is 3. The fraction of sp³-hybridized carbons (Fsp3) is 0.766. The van der Waals surface area contributed by atoms with Crippen molar-refractivity contribution in [1.29, 1.82) is 0 Å². The van der Waals surface area contributed by atoms with E-state index in [-0.39, 0.29) is 18.6 Å². The SMILES string of the molecule is CCCCC/C=C\C=C\C(=O)CCCCCCCC(=O)OC[C@H](COP(=O)(O)OC1[C@H](O)[C@H](O)C(O)[C@H](O)[C@H]1O)OC(=O)CCCCCCCCC/C=C\C/C=C\CCCCC. The highest BCUT2D eigenvalue weighted by molar-refractivity contribution is 7.47. The van der Waals surface area contributed by atoms with Crippen LogP contribution in [-0.2, 0) is 37.5 Å². The summed E-state index contributed by atoms with van der Waals surface area (Å²) in [6.45, 7) is 3.11. The molecule has 14 nitrogen and oxygen atoms in total. The second kappa shape index (κ2) is 36.8. The minimum absolute atomic E-state index is 0.0617. The van der Waals surface area contributed by atoms with Crippen molar-refractivity contribution in [1.82, 2.24) is 0 Å². The highest BCUT2D eigenvalue weighted by Crippen LogP contribution is 2.47. The van der Waals surface area contributed by atoms with Gasteiger partial charge < -0.3 is 39.9 Å². The third-order valence-corrected chi connectivity index (χ3v) is 11.6. The summed E-state index contributed by atoms with van der Waals surface area (Å²) in [5, 5.41) is 50.1. The third-order valence-electron chi connectivity index (χ3n) is 10.6. The number of aliphatic hydroxyl groups excluding tert-OH is 5. The fourth-order valence-corrected chi connectivity index (χ4v) is 7.74. The summed E-state index contributed by atoms with van der Waals surface area (Å²) in [5.41, 5.74) is 0. The van der Waals surface area contributed by atoms with Crippen LogP contribution in [-0.4, -0.2) is 104 Å².